The number of hydrogen-bond acceptors (Lipinski definition) is 9. The van der Waals surface area contributed by atoms with E-state index in [-0.39, 0.29) is 18.1 Å². The van der Waals surface area contributed by atoms with Crippen LogP contribution in [-0.4, -0.2) is 63.6 Å². The smallest absolute Gasteiger partial charge is 0.323 e. The van der Waals surface area contributed by atoms with Gasteiger partial charge in [-0.25, -0.2) is 5.84 Å². The van der Waals surface area contributed by atoms with Crippen LogP contribution in [-0.2, 0) is 0 Å². The number of nitrogens with two attached hydrogens (primary N) is 1. The molecule has 0 atom stereocenters. The molecule has 21 heavy (non-hydrogen) atoms. The third-order valence-electron chi connectivity index (χ3n) is 2.90. The van der Waals surface area contributed by atoms with E-state index in [4.69, 9.17) is 10.6 Å². The maximum absolute atomic E-state index is 5.48. The molecule has 0 amide bonds. The van der Waals surface area contributed by atoms with Crippen molar-refractivity contribution in [1.82, 2.24) is 19.9 Å². The normalized spacial score (nSPS) is 16.0. The number of aromatic nitrogens is 3. The second-order valence-corrected chi connectivity index (χ2v) is 6.18. The molecule has 1 aliphatic heterocycles. The summed E-state index contributed by atoms with van der Waals surface area (Å²) in [7, 11) is 0. The number of nitrogen functional groups attached to an aromatic ring is 1. The number of ether oxygens (including phenoxy) is 1. The summed E-state index contributed by atoms with van der Waals surface area (Å²) in [6.07, 6.45) is -0.00303. The molecule has 0 spiro atoms. The van der Waals surface area contributed by atoms with E-state index in [0.29, 0.717) is 5.95 Å². The van der Waals surface area contributed by atoms with Crippen molar-refractivity contribution in [3.8, 4) is 6.01 Å². The monoisotopic (exact) mass is 313 g/mol. The van der Waals surface area contributed by atoms with Crippen LogP contribution in [0.25, 0.3) is 0 Å². The Morgan fingerprint density at radius 1 is 1.24 bits per heavy atom. The third-order valence-corrected chi connectivity index (χ3v) is 3.84. The van der Waals surface area contributed by atoms with Crippen LogP contribution >= 0.6 is 11.8 Å². The van der Waals surface area contributed by atoms with Gasteiger partial charge < -0.3 is 10.1 Å². The highest BCUT2D eigenvalue weighted by Gasteiger charge is 2.11. The lowest BCUT2D eigenvalue weighted by Crippen LogP contribution is -2.36. The molecule has 0 aromatic carbocycles. The molecule has 4 N–H and O–H groups in total. The molecule has 1 aromatic rings. The first-order valence-corrected chi connectivity index (χ1v) is 8.26. The van der Waals surface area contributed by atoms with Gasteiger partial charge in [-0.15, -0.1) is 0 Å². The second kappa shape index (κ2) is 8.20. The Kier molecular flexibility index (Phi) is 6.27. The van der Waals surface area contributed by atoms with Crippen molar-refractivity contribution in [3.05, 3.63) is 0 Å². The first kappa shape index (κ1) is 16.1. The summed E-state index contributed by atoms with van der Waals surface area (Å²) in [6.45, 7) is 7.86. The zero-order valence-corrected chi connectivity index (χ0v) is 13.3. The van der Waals surface area contributed by atoms with Crippen LogP contribution in [0.15, 0.2) is 0 Å². The highest BCUT2D eigenvalue weighted by molar-refractivity contribution is 7.99. The molecule has 0 unspecified atom stereocenters. The molecule has 1 fully saturated rings. The predicted octanol–water partition coefficient (Wildman–Crippen LogP) is 0.405. The number of nitrogens with one attached hydrogen (secondary N) is 2. The fourth-order valence-electron chi connectivity index (χ4n) is 1.91. The first-order valence-electron chi connectivity index (χ1n) is 7.10. The lowest BCUT2D eigenvalue weighted by Gasteiger charge is -2.26. The van der Waals surface area contributed by atoms with E-state index in [0.717, 1.165) is 26.2 Å². The van der Waals surface area contributed by atoms with Crippen molar-refractivity contribution in [1.29, 1.82) is 0 Å². The van der Waals surface area contributed by atoms with Gasteiger partial charge in [-0.05, 0) is 13.8 Å². The van der Waals surface area contributed by atoms with Crippen LogP contribution in [0.5, 0.6) is 6.01 Å². The summed E-state index contributed by atoms with van der Waals surface area (Å²) in [4.78, 5) is 14.9. The van der Waals surface area contributed by atoms with Crippen LogP contribution in [0, 0.1) is 0 Å². The van der Waals surface area contributed by atoms with Crippen LogP contribution < -0.4 is 21.3 Å². The number of hydrazine groups is 1. The van der Waals surface area contributed by atoms with Gasteiger partial charge >= 0.3 is 6.01 Å². The zero-order valence-electron chi connectivity index (χ0n) is 12.5. The van der Waals surface area contributed by atoms with Gasteiger partial charge in [-0.3, -0.25) is 10.3 Å². The Morgan fingerprint density at radius 2 is 1.95 bits per heavy atom. The minimum absolute atomic E-state index is 0.00303. The van der Waals surface area contributed by atoms with E-state index >= 15 is 0 Å². The summed E-state index contributed by atoms with van der Waals surface area (Å²) in [5, 5.41) is 3.19. The van der Waals surface area contributed by atoms with Crippen LogP contribution in [0.3, 0.4) is 0 Å². The number of hydrogen-bond donors (Lipinski definition) is 3. The van der Waals surface area contributed by atoms with E-state index in [1.165, 1.54) is 11.5 Å². The molecule has 2 heterocycles. The third kappa shape index (κ3) is 5.52. The van der Waals surface area contributed by atoms with Crippen LogP contribution in [0.1, 0.15) is 13.8 Å². The van der Waals surface area contributed by atoms with E-state index in [9.17, 15) is 0 Å². The van der Waals surface area contributed by atoms with Gasteiger partial charge in [0.1, 0.15) is 0 Å². The van der Waals surface area contributed by atoms with E-state index in [1.54, 1.807) is 0 Å². The average Bonchev–Trinajstić information content (AvgIpc) is 2.47. The lowest BCUT2D eigenvalue weighted by molar-refractivity contribution is 0.222. The molecule has 1 aliphatic rings. The summed E-state index contributed by atoms with van der Waals surface area (Å²) >= 11 is 2.01. The summed E-state index contributed by atoms with van der Waals surface area (Å²) < 4.78 is 5.48. The highest BCUT2D eigenvalue weighted by Crippen LogP contribution is 2.12. The van der Waals surface area contributed by atoms with Crippen LogP contribution in [0.4, 0.5) is 11.9 Å². The van der Waals surface area contributed by atoms with Crippen molar-refractivity contribution in [2.45, 2.75) is 20.0 Å². The summed E-state index contributed by atoms with van der Waals surface area (Å²) in [5.41, 5.74) is 2.43. The molecule has 0 saturated carbocycles. The molecule has 9 heteroatoms. The van der Waals surface area contributed by atoms with Crippen molar-refractivity contribution >= 4 is 23.7 Å². The lowest BCUT2D eigenvalue weighted by atomic mass is 10.4. The summed E-state index contributed by atoms with van der Waals surface area (Å²) in [6, 6.07) is 0.268. The maximum atomic E-state index is 5.48. The van der Waals surface area contributed by atoms with Gasteiger partial charge in [0, 0.05) is 37.7 Å². The minimum Gasteiger partial charge on any atom is -0.461 e. The molecule has 118 valence electrons. The van der Waals surface area contributed by atoms with Gasteiger partial charge in [-0.2, -0.15) is 26.7 Å². The molecule has 0 bridgehead atoms. The molecule has 1 aromatic heterocycles. The topological polar surface area (TPSA) is 101 Å². The average molecular weight is 313 g/mol. The molecule has 0 radical (unpaired) electrons. The molecule has 1 saturated heterocycles. The van der Waals surface area contributed by atoms with Gasteiger partial charge in [0.05, 0.1) is 6.10 Å². The Bertz CT molecular complexity index is 440. The molecule has 2 rings (SSSR count). The first-order chi connectivity index (χ1) is 10.2. The molecular formula is C12H23N7OS. The largest absolute Gasteiger partial charge is 0.461 e. The highest BCUT2D eigenvalue weighted by atomic mass is 32.2. The fourth-order valence-corrected chi connectivity index (χ4v) is 2.89. The zero-order chi connectivity index (χ0) is 15.1. The van der Waals surface area contributed by atoms with Crippen molar-refractivity contribution in [3.63, 3.8) is 0 Å². The van der Waals surface area contributed by atoms with E-state index < -0.39 is 0 Å². The number of nitrogens with zero attached hydrogens (tertiary/aromatic N) is 4. The number of anilines is 2. The number of rotatable bonds is 7. The Balaban J connectivity index is 1.88. The predicted molar refractivity (Wildman–Crippen MR) is 85.7 cm³/mol. The molecular weight excluding hydrogens is 290 g/mol. The van der Waals surface area contributed by atoms with Gasteiger partial charge in [-0.1, -0.05) is 0 Å². The van der Waals surface area contributed by atoms with E-state index in [1.807, 2.05) is 25.6 Å². The van der Waals surface area contributed by atoms with Gasteiger partial charge in [0.2, 0.25) is 11.9 Å². The minimum atomic E-state index is -0.00303. The summed E-state index contributed by atoms with van der Waals surface area (Å²) in [5.74, 6) is 8.54. The fraction of sp³-hybridized carbons (Fsp3) is 0.750. The standard InChI is InChI=1S/C12H23N7OS/c1-9(2)20-12-16-10(15-11(17-12)18-13)14-3-4-19-5-7-21-8-6-19/h9H,3-8,13H2,1-2H3,(H2,14,15,16,17,18). The molecule has 0 aliphatic carbocycles. The number of thioether (sulfide) groups is 1. The Labute approximate surface area is 129 Å². The Morgan fingerprint density at radius 3 is 2.62 bits per heavy atom. The van der Waals surface area contributed by atoms with Crippen molar-refractivity contribution in [2.75, 3.05) is 48.4 Å². The molecule has 8 nitrogen and oxygen atoms in total. The SMILES string of the molecule is CC(C)Oc1nc(NN)nc(NCCN2CCSCC2)n1. The van der Waals surface area contributed by atoms with Crippen LogP contribution in [0.2, 0.25) is 0 Å². The van der Waals surface area contributed by atoms with Crippen molar-refractivity contribution < 1.29 is 4.74 Å². The maximum Gasteiger partial charge on any atom is 0.323 e. The van der Waals surface area contributed by atoms with Gasteiger partial charge in [0.15, 0.2) is 0 Å². The van der Waals surface area contributed by atoms with Crippen molar-refractivity contribution in [2.24, 2.45) is 5.84 Å². The quantitative estimate of drug-likeness (QED) is 0.488. The van der Waals surface area contributed by atoms with Gasteiger partial charge in [0.25, 0.3) is 0 Å². The Hall–Kier alpha value is -1.32. The van der Waals surface area contributed by atoms with E-state index in [2.05, 4.69) is 30.6 Å². The second-order valence-electron chi connectivity index (χ2n) is 4.96.